The molecule has 7 nitrogen and oxygen atoms in total. The smallest absolute Gasteiger partial charge is 0.270 e. The van der Waals surface area contributed by atoms with Crippen LogP contribution in [-0.4, -0.2) is 40.9 Å². The molecule has 0 bridgehead atoms. The van der Waals surface area contributed by atoms with Crippen molar-refractivity contribution in [1.82, 2.24) is 4.90 Å². The zero-order chi connectivity index (χ0) is 16.2. The van der Waals surface area contributed by atoms with Crippen molar-refractivity contribution in [2.75, 3.05) is 19.9 Å². The van der Waals surface area contributed by atoms with Crippen molar-refractivity contribution in [3.8, 4) is 5.75 Å². The van der Waals surface area contributed by atoms with Crippen LogP contribution in [0.5, 0.6) is 5.75 Å². The predicted octanol–water partition coefficient (Wildman–Crippen LogP) is 2.20. The molecule has 3 rings (SSSR count). The Balaban J connectivity index is 1.88. The molecule has 0 aromatic heterocycles. The van der Waals surface area contributed by atoms with Crippen LogP contribution in [0.1, 0.15) is 36.8 Å². The van der Waals surface area contributed by atoms with Crippen molar-refractivity contribution < 1.29 is 19.5 Å². The maximum Gasteiger partial charge on any atom is 0.270 e. The molecule has 1 aromatic rings. The van der Waals surface area contributed by atoms with E-state index in [9.17, 15) is 15.2 Å². The van der Waals surface area contributed by atoms with E-state index in [0.29, 0.717) is 19.2 Å². The summed E-state index contributed by atoms with van der Waals surface area (Å²) in [4.78, 5) is 13.1. The number of rotatable bonds is 5. The standard InChI is InChI=1S/C16H22N2O5/c19-6-4-14-3-1-2-5-17(14)9-12-7-15(18(20)21)8-13-10-22-11-23-16(12)13/h7-8,14,19H,1-6,9-11H2. The van der Waals surface area contributed by atoms with Crippen LogP contribution in [0.15, 0.2) is 12.1 Å². The van der Waals surface area contributed by atoms with Gasteiger partial charge in [-0.15, -0.1) is 0 Å². The average Bonchev–Trinajstić information content (AvgIpc) is 2.56. The second-order valence-corrected chi connectivity index (χ2v) is 6.09. The van der Waals surface area contributed by atoms with Gasteiger partial charge in [0.2, 0.25) is 0 Å². The highest BCUT2D eigenvalue weighted by atomic mass is 16.7. The van der Waals surface area contributed by atoms with Gasteiger partial charge >= 0.3 is 0 Å². The summed E-state index contributed by atoms with van der Waals surface area (Å²) in [5, 5.41) is 20.4. The molecule has 1 fully saturated rings. The van der Waals surface area contributed by atoms with Crippen LogP contribution in [0.3, 0.4) is 0 Å². The lowest BCUT2D eigenvalue weighted by molar-refractivity contribution is -0.385. The lowest BCUT2D eigenvalue weighted by Gasteiger charge is -2.36. The number of ether oxygens (including phenoxy) is 2. The number of hydrogen-bond donors (Lipinski definition) is 1. The van der Waals surface area contributed by atoms with E-state index in [-0.39, 0.29) is 24.0 Å². The Hall–Kier alpha value is -1.70. The Morgan fingerprint density at radius 2 is 2.26 bits per heavy atom. The quantitative estimate of drug-likeness (QED) is 0.661. The van der Waals surface area contributed by atoms with Crippen molar-refractivity contribution in [1.29, 1.82) is 0 Å². The van der Waals surface area contributed by atoms with E-state index < -0.39 is 0 Å². The van der Waals surface area contributed by atoms with Gasteiger partial charge in [-0.3, -0.25) is 15.0 Å². The van der Waals surface area contributed by atoms with E-state index in [4.69, 9.17) is 9.47 Å². The summed E-state index contributed by atoms with van der Waals surface area (Å²) in [7, 11) is 0. The highest BCUT2D eigenvalue weighted by molar-refractivity contribution is 5.50. The number of nitrogens with zero attached hydrogens (tertiary/aromatic N) is 2. The van der Waals surface area contributed by atoms with Crippen LogP contribution in [0.4, 0.5) is 5.69 Å². The Morgan fingerprint density at radius 3 is 3.04 bits per heavy atom. The summed E-state index contributed by atoms with van der Waals surface area (Å²) in [6, 6.07) is 3.46. The van der Waals surface area contributed by atoms with Crippen molar-refractivity contribution in [3.63, 3.8) is 0 Å². The van der Waals surface area contributed by atoms with Crippen molar-refractivity contribution in [3.05, 3.63) is 33.4 Å². The molecule has 2 heterocycles. The topological polar surface area (TPSA) is 85.1 Å². The van der Waals surface area contributed by atoms with Gasteiger partial charge in [0.15, 0.2) is 6.79 Å². The van der Waals surface area contributed by atoms with Gasteiger partial charge < -0.3 is 14.6 Å². The summed E-state index contributed by atoms with van der Waals surface area (Å²) >= 11 is 0. The molecule has 0 radical (unpaired) electrons. The first-order chi connectivity index (χ1) is 11.2. The zero-order valence-corrected chi connectivity index (χ0v) is 13.1. The fourth-order valence-electron chi connectivity index (χ4n) is 3.47. The number of nitro benzene ring substituents is 1. The van der Waals surface area contributed by atoms with E-state index >= 15 is 0 Å². The minimum absolute atomic E-state index is 0.0727. The van der Waals surface area contributed by atoms with Crippen LogP contribution in [0, 0.1) is 10.1 Å². The van der Waals surface area contributed by atoms with E-state index in [1.807, 2.05) is 0 Å². The summed E-state index contributed by atoms with van der Waals surface area (Å²) in [5.74, 6) is 0.718. The number of hydrogen-bond acceptors (Lipinski definition) is 6. The van der Waals surface area contributed by atoms with Crippen molar-refractivity contribution in [2.45, 2.75) is 44.9 Å². The third-order valence-electron chi connectivity index (χ3n) is 4.57. The third kappa shape index (κ3) is 3.63. The molecular weight excluding hydrogens is 300 g/mol. The Bertz CT molecular complexity index is 576. The molecule has 1 atom stereocenters. The molecule has 1 saturated heterocycles. The first-order valence-electron chi connectivity index (χ1n) is 8.04. The zero-order valence-electron chi connectivity index (χ0n) is 13.1. The maximum atomic E-state index is 11.2. The molecule has 2 aliphatic heterocycles. The first-order valence-corrected chi connectivity index (χ1v) is 8.04. The molecule has 126 valence electrons. The predicted molar refractivity (Wildman–Crippen MR) is 83.1 cm³/mol. The third-order valence-corrected chi connectivity index (χ3v) is 4.57. The minimum Gasteiger partial charge on any atom is -0.467 e. The SMILES string of the molecule is O=[N+]([O-])c1cc2c(c(CN3CCCCC3CCO)c1)OCOC2. The van der Waals surface area contributed by atoms with Crippen LogP contribution < -0.4 is 4.74 Å². The highest BCUT2D eigenvalue weighted by Crippen LogP contribution is 2.34. The number of non-ortho nitro benzene ring substituents is 1. The Labute approximate surface area is 135 Å². The van der Waals surface area contributed by atoms with E-state index in [0.717, 1.165) is 42.7 Å². The van der Waals surface area contributed by atoms with Crippen LogP contribution >= 0.6 is 0 Å². The molecule has 2 aliphatic rings. The molecular formula is C16H22N2O5. The molecule has 0 aliphatic carbocycles. The van der Waals surface area contributed by atoms with Gasteiger partial charge in [-0.2, -0.15) is 0 Å². The number of piperidine rings is 1. The number of fused-ring (bicyclic) bond motifs is 1. The molecule has 23 heavy (non-hydrogen) atoms. The molecule has 1 aromatic carbocycles. The number of aliphatic hydroxyl groups is 1. The van der Waals surface area contributed by atoms with E-state index in [2.05, 4.69) is 4.90 Å². The second kappa shape index (κ2) is 7.25. The molecule has 1 unspecified atom stereocenters. The fraction of sp³-hybridized carbons (Fsp3) is 0.625. The molecule has 7 heteroatoms. The van der Waals surface area contributed by atoms with Gasteiger partial charge in [0.05, 0.1) is 11.5 Å². The van der Waals surface area contributed by atoms with Crippen molar-refractivity contribution in [2.24, 2.45) is 0 Å². The number of benzene rings is 1. The van der Waals surface area contributed by atoms with Crippen LogP contribution in [0.25, 0.3) is 0 Å². The Morgan fingerprint density at radius 1 is 1.39 bits per heavy atom. The van der Waals surface area contributed by atoms with Crippen molar-refractivity contribution >= 4 is 5.69 Å². The van der Waals surface area contributed by atoms with Gasteiger partial charge in [-0.25, -0.2) is 0 Å². The van der Waals surface area contributed by atoms with E-state index in [1.165, 1.54) is 12.5 Å². The molecule has 0 spiro atoms. The number of likely N-dealkylation sites (tertiary alicyclic amines) is 1. The second-order valence-electron chi connectivity index (χ2n) is 6.09. The molecule has 1 N–H and O–H groups in total. The fourth-order valence-corrected chi connectivity index (χ4v) is 3.47. The number of nitro groups is 1. The highest BCUT2D eigenvalue weighted by Gasteiger charge is 2.26. The monoisotopic (exact) mass is 322 g/mol. The summed E-state index contributed by atoms with van der Waals surface area (Å²) < 4.78 is 10.8. The molecule has 0 saturated carbocycles. The normalized spacial score (nSPS) is 21.5. The van der Waals surface area contributed by atoms with Gasteiger partial charge in [0.1, 0.15) is 5.75 Å². The van der Waals surface area contributed by atoms with Crippen LogP contribution in [0.2, 0.25) is 0 Å². The maximum absolute atomic E-state index is 11.2. The van der Waals surface area contributed by atoms with Gasteiger partial charge in [0, 0.05) is 42.5 Å². The van der Waals surface area contributed by atoms with E-state index in [1.54, 1.807) is 6.07 Å². The van der Waals surface area contributed by atoms with Crippen LogP contribution in [-0.2, 0) is 17.9 Å². The van der Waals surface area contributed by atoms with Gasteiger partial charge in [-0.1, -0.05) is 6.42 Å². The van der Waals surface area contributed by atoms with Gasteiger partial charge in [0.25, 0.3) is 5.69 Å². The lowest BCUT2D eigenvalue weighted by atomic mass is 9.98. The minimum atomic E-state index is -0.375. The Kier molecular flexibility index (Phi) is 5.09. The summed E-state index contributed by atoms with van der Waals surface area (Å²) in [5.41, 5.74) is 1.64. The average molecular weight is 322 g/mol. The largest absolute Gasteiger partial charge is 0.467 e. The summed E-state index contributed by atoms with van der Waals surface area (Å²) in [6.45, 7) is 2.23. The lowest BCUT2D eigenvalue weighted by Crippen LogP contribution is -2.39. The number of aliphatic hydroxyl groups excluding tert-OH is 1. The summed E-state index contributed by atoms with van der Waals surface area (Å²) in [6.07, 6.45) is 4.07. The first kappa shape index (κ1) is 16.2. The van der Waals surface area contributed by atoms with Gasteiger partial charge in [-0.05, 0) is 25.8 Å². The molecule has 0 amide bonds.